The Morgan fingerprint density at radius 3 is 1.89 bits per heavy atom. The van der Waals surface area contributed by atoms with E-state index in [1.165, 1.54) is 29.5 Å². The van der Waals surface area contributed by atoms with E-state index in [2.05, 4.69) is 78.3 Å². The zero-order valence-corrected chi connectivity index (χ0v) is 12.6. The van der Waals surface area contributed by atoms with Gasteiger partial charge in [0, 0.05) is 4.47 Å². The highest BCUT2D eigenvalue weighted by atomic mass is 79.9. The summed E-state index contributed by atoms with van der Waals surface area (Å²) in [6, 6.07) is 17.4. The maximum Gasteiger partial charge on any atom is 0.0175 e. The fourth-order valence-electron chi connectivity index (χ4n) is 2.02. The second-order valence-electron chi connectivity index (χ2n) is 4.92. The van der Waals surface area contributed by atoms with Crippen LogP contribution >= 0.6 is 15.9 Å². The molecule has 0 N–H and O–H groups in total. The molecular weight excluding hydrogens is 284 g/mol. The molecule has 0 aliphatic heterocycles. The van der Waals surface area contributed by atoms with Gasteiger partial charge in [0.1, 0.15) is 0 Å². The average molecular weight is 303 g/mol. The lowest BCUT2D eigenvalue weighted by atomic mass is 9.97. The van der Waals surface area contributed by atoms with Gasteiger partial charge < -0.3 is 0 Å². The predicted molar refractivity (Wildman–Crippen MR) is 82.7 cm³/mol. The average Bonchev–Trinajstić information content (AvgIpc) is 2.40. The maximum atomic E-state index is 3.46. The standard InChI is InChI=1S/C17H19Br/c1-3-13(2)12-14-4-6-15(7-5-14)16-8-10-17(18)11-9-16/h4-11,13H,3,12H2,1-2H3/t13-/m0/s1. The molecule has 0 aliphatic carbocycles. The molecule has 2 rings (SSSR count). The minimum atomic E-state index is 0.767. The number of rotatable bonds is 4. The molecule has 0 nitrogen and oxygen atoms in total. The lowest BCUT2D eigenvalue weighted by Gasteiger charge is -2.09. The monoisotopic (exact) mass is 302 g/mol. The molecule has 1 heteroatoms. The molecule has 0 aliphatic rings. The van der Waals surface area contributed by atoms with Crippen molar-refractivity contribution in [2.75, 3.05) is 0 Å². The molecule has 18 heavy (non-hydrogen) atoms. The lowest BCUT2D eigenvalue weighted by molar-refractivity contribution is 0.560. The van der Waals surface area contributed by atoms with Gasteiger partial charge in [-0.3, -0.25) is 0 Å². The number of halogens is 1. The number of benzene rings is 2. The van der Waals surface area contributed by atoms with E-state index in [0.29, 0.717) is 0 Å². The van der Waals surface area contributed by atoms with Crippen LogP contribution in [0, 0.1) is 5.92 Å². The Labute approximate surface area is 118 Å². The summed E-state index contributed by atoms with van der Waals surface area (Å²) in [7, 11) is 0. The molecule has 0 amide bonds. The van der Waals surface area contributed by atoms with Crippen molar-refractivity contribution in [2.45, 2.75) is 26.7 Å². The molecule has 0 bridgehead atoms. The molecule has 0 radical (unpaired) electrons. The van der Waals surface area contributed by atoms with E-state index >= 15 is 0 Å². The van der Waals surface area contributed by atoms with Crippen LogP contribution < -0.4 is 0 Å². The van der Waals surface area contributed by atoms with Crippen LogP contribution in [0.5, 0.6) is 0 Å². The molecule has 0 aromatic heterocycles. The van der Waals surface area contributed by atoms with Crippen molar-refractivity contribution in [1.29, 1.82) is 0 Å². The minimum absolute atomic E-state index is 0.767. The van der Waals surface area contributed by atoms with E-state index in [0.717, 1.165) is 10.4 Å². The topological polar surface area (TPSA) is 0 Å². The summed E-state index contributed by atoms with van der Waals surface area (Å²) in [6.07, 6.45) is 2.42. The SMILES string of the molecule is CC[C@H](C)Cc1ccc(-c2ccc(Br)cc2)cc1. The van der Waals surface area contributed by atoms with Gasteiger partial charge >= 0.3 is 0 Å². The Hall–Kier alpha value is -1.08. The highest BCUT2D eigenvalue weighted by Gasteiger charge is 2.02. The van der Waals surface area contributed by atoms with Gasteiger partial charge in [-0.1, -0.05) is 72.6 Å². The molecular formula is C17H19Br. The first-order chi connectivity index (χ1) is 8.69. The summed E-state index contributed by atoms with van der Waals surface area (Å²) >= 11 is 3.46. The molecule has 0 fully saturated rings. The first-order valence-electron chi connectivity index (χ1n) is 6.54. The van der Waals surface area contributed by atoms with Crippen molar-refractivity contribution < 1.29 is 0 Å². The molecule has 0 spiro atoms. The summed E-state index contributed by atoms with van der Waals surface area (Å²) in [6.45, 7) is 4.56. The summed E-state index contributed by atoms with van der Waals surface area (Å²) in [4.78, 5) is 0. The van der Waals surface area contributed by atoms with Crippen LogP contribution in [0.25, 0.3) is 11.1 Å². The summed E-state index contributed by atoms with van der Waals surface area (Å²) in [5.74, 6) is 0.767. The first-order valence-corrected chi connectivity index (χ1v) is 7.33. The Balaban J connectivity index is 2.14. The Morgan fingerprint density at radius 2 is 1.39 bits per heavy atom. The Morgan fingerprint density at radius 1 is 0.889 bits per heavy atom. The van der Waals surface area contributed by atoms with Gasteiger partial charge in [-0.05, 0) is 41.2 Å². The second kappa shape index (κ2) is 6.19. The van der Waals surface area contributed by atoms with Crippen molar-refractivity contribution in [3.63, 3.8) is 0 Å². The van der Waals surface area contributed by atoms with Gasteiger partial charge in [0.25, 0.3) is 0 Å². The molecule has 0 unspecified atom stereocenters. The van der Waals surface area contributed by atoms with Crippen molar-refractivity contribution in [3.05, 3.63) is 58.6 Å². The van der Waals surface area contributed by atoms with Crippen molar-refractivity contribution in [2.24, 2.45) is 5.92 Å². The van der Waals surface area contributed by atoms with Crippen LogP contribution in [0.4, 0.5) is 0 Å². The van der Waals surface area contributed by atoms with Crippen molar-refractivity contribution >= 4 is 15.9 Å². The van der Waals surface area contributed by atoms with Crippen LogP contribution in [0.15, 0.2) is 53.0 Å². The second-order valence-corrected chi connectivity index (χ2v) is 5.84. The summed E-state index contributed by atoms with van der Waals surface area (Å²) in [5.41, 5.74) is 3.99. The quantitative estimate of drug-likeness (QED) is 0.679. The third-order valence-electron chi connectivity index (χ3n) is 3.41. The number of hydrogen-bond acceptors (Lipinski definition) is 0. The highest BCUT2D eigenvalue weighted by Crippen LogP contribution is 2.23. The van der Waals surface area contributed by atoms with Gasteiger partial charge in [0.2, 0.25) is 0 Å². The number of hydrogen-bond donors (Lipinski definition) is 0. The molecule has 0 saturated carbocycles. The van der Waals surface area contributed by atoms with E-state index in [-0.39, 0.29) is 0 Å². The van der Waals surface area contributed by atoms with Crippen molar-refractivity contribution in [1.82, 2.24) is 0 Å². The van der Waals surface area contributed by atoms with E-state index < -0.39 is 0 Å². The largest absolute Gasteiger partial charge is 0.0651 e. The Kier molecular flexibility index (Phi) is 4.60. The highest BCUT2D eigenvalue weighted by molar-refractivity contribution is 9.10. The first kappa shape index (κ1) is 13.4. The fourth-order valence-corrected chi connectivity index (χ4v) is 2.29. The van der Waals surface area contributed by atoms with E-state index in [1.54, 1.807) is 0 Å². The summed E-state index contributed by atoms with van der Waals surface area (Å²) in [5, 5.41) is 0. The molecule has 2 aromatic carbocycles. The molecule has 0 saturated heterocycles. The van der Waals surface area contributed by atoms with Gasteiger partial charge in [-0.25, -0.2) is 0 Å². The zero-order valence-electron chi connectivity index (χ0n) is 11.0. The van der Waals surface area contributed by atoms with Crippen LogP contribution in [-0.2, 0) is 6.42 Å². The van der Waals surface area contributed by atoms with Crippen LogP contribution in [-0.4, -0.2) is 0 Å². The minimum Gasteiger partial charge on any atom is -0.0651 e. The lowest BCUT2D eigenvalue weighted by Crippen LogP contribution is -1.97. The van der Waals surface area contributed by atoms with E-state index in [1.807, 2.05) is 0 Å². The molecule has 2 aromatic rings. The fraction of sp³-hybridized carbons (Fsp3) is 0.294. The van der Waals surface area contributed by atoms with E-state index in [4.69, 9.17) is 0 Å². The van der Waals surface area contributed by atoms with Gasteiger partial charge in [-0.15, -0.1) is 0 Å². The van der Waals surface area contributed by atoms with Crippen LogP contribution in [0.3, 0.4) is 0 Å². The van der Waals surface area contributed by atoms with Crippen molar-refractivity contribution in [3.8, 4) is 11.1 Å². The molecule has 94 valence electrons. The summed E-state index contributed by atoms with van der Waals surface area (Å²) < 4.78 is 1.12. The van der Waals surface area contributed by atoms with Gasteiger partial charge in [0.05, 0.1) is 0 Å². The predicted octanol–water partition coefficient (Wildman–Crippen LogP) is 5.70. The van der Waals surface area contributed by atoms with E-state index in [9.17, 15) is 0 Å². The zero-order chi connectivity index (χ0) is 13.0. The normalized spacial score (nSPS) is 12.4. The Bertz CT molecular complexity index is 482. The molecule has 0 heterocycles. The van der Waals surface area contributed by atoms with Crippen LogP contribution in [0.1, 0.15) is 25.8 Å². The smallest absolute Gasteiger partial charge is 0.0175 e. The van der Waals surface area contributed by atoms with Gasteiger partial charge in [0.15, 0.2) is 0 Å². The van der Waals surface area contributed by atoms with Crippen LogP contribution in [0.2, 0.25) is 0 Å². The van der Waals surface area contributed by atoms with Gasteiger partial charge in [-0.2, -0.15) is 0 Å². The third-order valence-corrected chi connectivity index (χ3v) is 3.94. The maximum absolute atomic E-state index is 3.46. The molecule has 1 atom stereocenters. The third kappa shape index (κ3) is 3.46.